The fourth-order valence-electron chi connectivity index (χ4n) is 1.77. The van der Waals surface area contributed by atoms with Crippen LogP contribution in [0.25, 0.3) is 0 Å². The molecule has 0 heterocycles. The van der Waals surface area contributed by atoms with Gasteiger partial charge in [0, 0.05) is 0 Å². The zero-order valence-electron chi connectivity index (χ0n) is 12.8. The molecule has 0 atom stereocenters. The van der Waals surface area contributed by atoms with E-state index < -0.39 is 10.1 Å². The van der Waals surface area contributed by atoms with Gasteiger partial charge in [-0.15, -0.1) is 0 Å². The van der Waals surface area contributed by atoms with Gasteiger partial charge in [0.05, 0.1) is 19.0 Å². The monoisotopic (exact) mass is 312 g/mol. The molecule has 3 N–H and O–H groups in total. The minimum Gasteiger partial charge on any atom is -0.394 e. The molecule has 0 aliphatic rings. The molecular formula is C14H32O5S. The Kier molecular flexibility index (Phi) is 18.7. The minimum atomic E-state index is -3.73. The first-order valence-electron chi connectivity index (χ1n) is 7.64. The predicted molar refractivity (Wildman–Crippen MR) is 82.4 cm³/mol. The molecule has 0 aliphatic carbocycles. The standard InChI is InChI=1S/C12H26O3S.C2H6O2/c1-2-3-4-5-6-7-8-9-10-11-12-16(13,14)15;3-1-2-4/h2-12H2,1H3,(H,13,14,15);3-4H,1-2H2. The predicted octanol–water partition coefficient (Wildman–Crippen LogP) is 2.77. The van der Waals surface area contributed by atoms with Crippen LogP contribution < -0.4 is 0 Å². The maximum atomic E-state index is 10.4. The summed E-state index contributed by atoms with van der Waals surface area (Å²) < 4.78 is 29.4. The summed E-state index contributed by atoms with van der Waals surface area (Å²) in [6, 6.07) is 0. The highest BCUT2D eigenvalue weighted by Crippen LogP contribution is 2.10. The summed E-state index contributed by atoms with van der Waals surface area (Å²) in [5.41, 5.74) is 0. The Morgan fingerprint density at radius 1 is 0.700 bits per heavy atom. The highest BCUT2D eigenvalue weighted by atomic mass is 32.2. The summed E-state index contributed by atoms with van der Waals surface area (Å²) in [6.07, 6.45) is 11.7. The van der Waals surface area contributed by atoms with Crippen LogP contribution in [-0.2, 0) is 10.1 Å². The molecule has 0 saturated carbocycles. The maximum absolute atomic E-state index is 10.4. The van der Waals surface area contributed by atoms with E-state index in [0.717, 1.165) is 12.8 Å². The zero-order chi connectivity index (χ0) is 15.7. The Bertz CT molecular complexity index is 263. The molecule has 5 nitrogen and oxygen atoms in total. The van der Waals surface area contributed by atoms with Gasteiger partial charge < -0.3 is 10.2 Å². The van der Waals surface area contributed by atoms with Crippen molar-refractivity contribution in [2.75, 3.05) is 19.0 Å². The summed E-state index contributed by atoms with van der Waals surface area (Å²) in [5, 5.41) is 15.2. The van der Waals surface area contributed by atoms with Crippen LogP contribution in [0.2, 0.25) is 0 Å². The number of hydrogen-bond donors (Lipinski definition) is 3. The molecule has 6 heteroatoms. The number of unbranched alkanes of at least 4 members (excludes halogenated alkanes) is 9. The van der Waals surface area contributed by atoms with Gasteiger partial charge in [-0.3, -0.25) is 4.55 Å². The minimum absolute atomic E-state index is 0.0799. The topological polar surface area (TPSA) is 94.8 Å². The lowest BCUT2D eigenvalue weighted by atomic mass is 10.1. The first-order valence-corrected chi connectivity index (χ1v) is 9.25. The molecule has 0 spiro atoms. The van der Waals surface area contributed by atoms with Gasteiger partial charge in [0.1, 0.15) is 0 Å². The molecule has 0 unspecified atom stereocenters. The van der Waals surface area contributed by atoms with E-state index in [1.165, 1.54) is 44.9 Å². The van der Waals surface area contributed by atoms with Crippen LogP contribution in [0.1, 0.15) is 71.1 Å². The molecule has 0 bridgehead atoms. The van der Waals surface area contributed by atoms with Crippen LogP contribution in [0, 0.1) is 0 Å². The van der Waals surface area contributed by atoms with Crippen molar-refractivity contribution in [1.82, 2.24) is 0 Å². The molecule has 20 heavy (non-hydrogen) atoms. The third-order valence-electron chi connectivity index (χ3n) is 2.86. The Labute approximate surface area is 124 Å². The molecule has 0 amide bonds. The summed E-state index contributed by atoms with van der Waals surface area (Å²) in [7, 11) is -3.73. The van der Waals surface area contributed by atoms with E-state index >= 15 is 0 Å². The molecule has 0 saturated heterocycles. The number of rotatable bonds is 12. The largest absolute Gasteiger partial charge is 0.394 e. The van der Waals surface area contributed by atoms with Crippen LogP contribution in [0.5, 0.6) is 0 Å². The van der Waals surface area contributed by atoms with Crippen LogP contribution >= 0.6 is 0 Å². The third kappa shape index (κ3) is 26.4. The van der Waals surface area contributed by atoms with Crippen LogP contribution in [0.15, 0.2) is 0 Å². The number of hydrogen-bond acceptors (Lipinski definition) is 4. The Balaban J connectivity index is 0. The second-order valence-electron chi connectivity index (χ2n) is 4.92. The van der Waals surface area contributed by atoms with Crippen molar-refractivity contribution in [3.05, 3.63) is 0 Å². The molecule has 0 aromatic carbocycles. The smallest absolute Gasteiger partial charge is 0.264 e. The van der Waals surface area contributed by atoms with Crippen molar-refractivity contribution in [3.63, 3.8) is 0 Å². The van der Waals surface area contributed by atoms with E-state index in [4.69, 9.17) is 14.8 Å². The van der Waals surface area contributed by atoms with Crippen molar-refractivity contribution in [2.45, 2.75) is 71.1 Å². The fraction of sp³-hybridized carbons (Fsp3) is 1.00. The maximum Gasteiger partial charge on any atom is 0.264 e. The van der Waals surface area contributed by atoms with Gasteiger partial charge in [0.2, 0.25) is 0 Å². The number of aliphatic hydroxyl groups excluding tert-OH is 2. The zero-order valence-corrected chi connectivity index (χ0v) is 13.6. The van der Waals surface area contributed by atoms with E-state index in [9.17, 15) is 8.42 Å². The first kappa shape index (κ1) is 22.1. The van der Waals surface area contributed by atoms with Crippen LogP contribution in [-0.4, -0.2) is 42.2 Å². The van der Waals surface area contributed by atoms with Crippen molar-refractivity contribution >= 4 is 10.1 Å². The van der Waals surface area contributed by atoms with Gasteiger partial charge >= 0.3 is 0 Å². The van der Waals surface area contributed by atoms with Gasteiger partial charge in [-0.2, -0.15) is 8.42 Å². The molecule has 0 rings (SSSR count). The van der Waals surface area contributed by atoms with Crippen LogP contribution in [0.4, 0.5) is 0 Å². The third-order valence-corrected chi connectivity index (χ3v) is 3.66. The van der Waals surface area contributed by atoms with Crippen molar-refractivity contribution in [3.8, 4) is 0 Å². The second kappa shape index (κ2) is 16.9. The fourth-order valence-corrected chi connectivity index (χ4v) is 2.34. The molecule has 0 aromatic rings. The van der Waals surface area contributed by atoms with E-state index in [0.29, 0.717) is 6.42 Å². The Morgan fingerprint density at radius 2 is 1.05 bits per heavy atom. The summed E-state index contributed by atoms with van der Waals surface area (Å²) in [6.45, 7) is 1.97. The lowest BCUT2D eigenvalue weighted by Crippen LogP contribution is -2.03. The molecule has 0 aromatic heterocycles. The second-order valence-corrected chi connectivity index (χ2v) is 6.49. The van der Waals surface area contributed by atoms with E-state index in [2.05, 4.69) is 6.92 Å². The molecule has 0 aliphatic heterocycles. The lowest BCUT2D eigenvalue weighted by molar-refractivity contribution is 0.186. The molecule has 0 fully saturated rings. The lowest BCUT2D eigenvalue weighted by Gasteiger charge is -2.01. The normalized spacial score (nSPS) is 11.0. The van der Waals surface area contributed by atoms with Gasteiger partial charge in [-0.1, -0.05) is 64.7 Å². The summed E-state index contributed by atoms with van der Waals surface area (Å²) in [5.74, 6) is -0.0799. The highest BCUT2D eigenvalue weighted by Gasteiger charge is 2.02. The summed E-state index contributed by atoms with van der Waals surface area (Å²) in [4.78, 5) is 0. The van der Waals surface area contributed by atoms with E-state index in [1.54, 1.807) is 0 Å². The van der Waals surface area contributed by atoms with E-state index in [-0.39, 0.29) is 19.0 Å². The SMILES string of the molecule is CCCCCCCCCCCCS(=O)(=O)O.OCCO. The van der Waals surface area contributed by atoms with Gasteiger partial charge in [-0.05, 0) is 6.42 Å². The van der Waals surface area contributed by atoms with Crippen molar-refractivity contribution in [1.29, 1.82) is 0 Å². The van der Waals surface area contributed by atoms with Crippen LogP contribution in [0.3, 0.4) is 0 Å². The number of aliphatic hydroxyl groups is 2. The average Bonchev–Trinajstić information content (AvgIpc) is 2.40. The summed E-state index contributed by atoms with van der Waals surface area (Å²) >= 11 is 0. The molecule has 0 radical (unpaired) electrons. The van der Waals surface area contributed by atoms with E-state index in [1.807, 2.05) is 0 Å². The average molecular weight is 312 g/mol. The van der Waals surface area contributed by atoms with Gasteiger partial charge in [-0.25, -0.2) is 0 Å². The Morgan fingerprint density at radius 3 is 1.35 bits per heavy atom. The molecule has 124 valence electrons. The highest BCUT2D eigenvalue weighted by molar-refractivity contribution is 7.85. The quantitative estimate of drug-likeness (QED) is 0.380. The van der Waals surface area contributed by atoms with Gasteiger partial charge in [0.15, 0.2) is 0 Å². The van der Waals surface area contributed by atoms with Crippen molar-refractivity contribution < 1.29 is 23.2 Å². The first-order chi connectivity index (χ1) is 9.47. The molecular weight excluding hydrogens is 280 g/mol. The Hall–Kier alpha value is -0.170. The van der Waals surface area contributed by atoms with Crippen molar-refractivity contribution in [2.24, 2.45) is 0 Å². The van der Waals surface area contributed by atoms with Gasteiger partial charge in [0.25, 0.3) is 10.1 Å².